The molecule has 2 N–H and O–H groups in total. The third-order valence-electron chi connectivity index (χ3n) is 3.12. The van der Waals surface area contributed by atoms with Crippen LogP contribution in [0.3, 0.4) is 0 Å². The largest absolute Gasteiger partial charge is 0.368 e. The van der Waals surface area contributed by atoms with Crippen molar-refractivity contribution >= 4 is 21.8 Å². The van der Waals surface area contributed by atoms with E-state index < -0.39 is 0 Å². The van der Waals surface area contributed by atoms with Crippen molar-refractivity contribution in [3.63, 3.8) is 0 Å². The first-order valence-corrected chi connectivity index (χ1v) is 6.54. The maximum absolute atomic E-state index is 11.7. The predicted molar refractivity (Wildman–Crippen MR) is 69.4 cm³/mol. The number of rotatable bonds is 3. The van der Waals surface area contributed by atoms with Gasteiger partial charge in [0.2, 0.25) is 5.91 Å². The van der Waals surface area contributed by atoms with E-state index in [0.29, 0.717) is 0 Å². The van der Waals surface area contributed by atoms with Gasteiger partial charge in [-0.15, -0.1) is 0 Å². The number of hydrogen-bond acceptors (Lipinski definition) is 3. The fraction of sp³-hybridized carbons (Fsp3) is 0.500. The molecule has 4 nitrogen and oxygen atoms in total. The van der Waals surface area contributed by atoms with Gasteiger partial charge in [0.1, 0.15) is 6.04 Å². The molecular formula is C12H16BrN3O. The average Bonchev–Trinajstić information content (AvgIpc) is 2.74. The molecule has 2 heterocycles. The van der Waals surface area contributed by atoms with Crippen molar-refractivity contribution in [3.8, 4) is 0 Å². The van der Waals surface area contributed by atoms with Crippen molar-refractivity contribution in [2.45, 2.75) is 25.8 Å². The van der Waals surface area contributed by atoms with Crippen molar-refractivity contribution in [3.05, 3.63) is 28.0 Å². The Morgan fingerprint density at radius 3 is 2.71 bits per heavy atom. The minimum atomic E-state index is -0.384. The van der Waals surface area contributed by atoms with Crippen molar-refractivity contribution < 1.29 is 4.79 Å². The monoisotopic (exact) mass is 297 g/mol. The summed E-state index contributed by atoms with van der Waals surface area (Å²) in [6.45, 7) is 3.80. The normalized spacial score (nSPS) is 18.2. The summed E-state index contributed by atoms with van der Waals surface area (Å²) in [6, 6.07) is 1.58. The molecule has 5 heteroatoms. The molecule has 1 aliphatic rings. The van der Waals surface area contributed by atoms with E-state index >= 15 is 0 Å². The van der Waals surface area contributed by atoms with Gasteiger partial charge in [0.25, 0.3) is 0 Å². The SMILES string of the molecule is Cc1cc(Br)cnc1C(C(N)=O)N1CCCC1. The van der Waals surface area contributed by atoms with Crippen LogP contribution in [-0.2, 0) is 4.79 Å². The summed E-state index contributed by atoms with van der Waals surface area (Å²) in [5.74, 6) is -0.315. The number of hydrogen-bond donors (Lipinski definition) is 1. The summed E-state index contributed by atoms with van der Waals surface area (Å²) in [6.07, 6.45) is 3.97. The lowest BCUT2D eigenvalue weighted by atomic mass is 10.1. The molecule has 1 atom stereocenters. The van der Waals surface area contributed by atoms with Crippen molar-refractivity contribution in [2.75, 3.05) is 13.1 Å². The van der Waals surface area contributed by atoms with E-state index in [0.717, 1.165) is 41.7 Å². The van der Waals surface area contributed by atoms with Gasteiger partial charge < -0.3 is 5.73 Å². The topological polar surface area (TPSA) is 59.2 Å². The molecule has 1 aromatic rings. The van der Waals surface area contributed by atoms with Crippen molar-refractivity contribution in [1.82, 2.24) is 9.88 Å². The second-order valence-corrected chi connectivity index (χ2v) is 5.32. The molecule has 92 valence electrons. The van der Waals surface area contributed by atoms with Gasteiger partial charge in [-0.2, -0.15) is 0 Å². The van der Waals surface area contributed by atoms with E-state index in [4.69, 9.17) is 5.73 Å². The Balaban J connectivity index is 2.35. The number of halogens is 1. The summed E-state index contributed by atoms with van der Waals surface area (Å²) in [5, 5.41) is 0. The van der Waals surface area contributed by atoms with Gasteiger partial charge in [-0.05, 0) is 60.4 Å². The highest BCUT2D eigenvalue weighted by Crippen LogP contribution is 2.26. The summed E-state index contributed by atoms with van der Waals surface area (Å²) >= 11 is 3.37. The number of likely N-dealkylation sites (tertiary alicyclic amines) is 1. The number of carbonyl (C=O) groups excluding carboxylic acids is 1. The second kappa shape index (κ2) is 5.14. The Morgan fingerprint density at radius 1 is 1.53 bits per heavy atom. The third kappa shape index (κ3) is 2.66. The molecule has 17 heavy (non-hydrogen) atoms. The van der Waals surface area contributed by atoms with Crippen LogP contribution in [-0.4, -0.2) is 28.9 Å². The number of aryl methyl sites for hydroxylation is 1. The summed E-state index contributed by atoms with van der Waals surface area (Å²) in [5.41, 5.74) is 7.30. The summed E-state index contributed by atoms with van der Waals surface area (Å²) < 4.78 is 0.920. The lowest BCUT2D eigenvalue weighted by molar-refractivity contribution is -0.123. The lowest BCUT2D eigenvalue weighted by Gasteiger charge is -2.25. The molecule has 1 aromatic heterocycles. The summed E-state index contributed by atoms with van der Waals surface area (Å²) in [4.78, 5) is 18.1. The molecule has 1 saturated heterocycles. The predicted octanol–water partition coefficient (Wildman–Crippen LogP) is 1.77. The van der Waals surface area contributed by atoms with Crippen molar-refractivity contribution in [2.24, 2.45) is 5.73 Å². The van der Waals surface area contributed by atoms with Crippen LogP contribution in [0, 0.1) is 6.92 Å². The van der Waals surface area contributed by atoms with Crippen LogP contribution in [0.1, 0.15) is 30.1 Å². The third-order valence-corrected chi connectivity index (χ3v) is 3.55. The minimum absolute atomic E-state index is 0.315. The highest BCUT2D eigenvalue weighted by Gasteiger charge is 2.30. The molecule has 0 aliphatic carbocycles. The Hall–Kier alpha value is -0.940. The maximum Gasteiger partial charge on any atom is 0.241 e. The van der Waals surface area contributed by atoms with E-state index in [9.17, 15) is 4.79 Å². The van der Waals surface area contributed by atoms with Crippen LogP contribution in [0.4, 0.5) is 0 Å². The molecule has 0 bridgehead atoms. The van der Waals surface area contributed by atoms with Crippen LogP contribution in [0.2, 0.25) is 0 Å². The molecule has 2 rings (SSSR count). The number of primary amides is 1. The minimum Gasteiger partial charge on any atom is -0.368 e. The van der Waals surface area contributed by atoms with Crippen LogP contribution < -0.4 is 5.73 Å². The number of pyridine rings is 1. The van der Waals surface area contributed by atoms with Gasteiger partial charge in [-0.3, -0.25) is 14.7 Å². The molecular weight excluding hydrogens is 282 g/mol. The Bertz CT molecular complexity index is 430. The zero-order chi connectivity index (χ0) is 12.4. The van der Waals surface area contributed by atoms with Crippen molar-refractivity contribution in [1.29, 1.82) is 0 Å². The van der Waals surface area contributed by atoms with Crippen LogP contribution in [0.5, 0.6) is 0 Å². The number of nitrogens with zero attached hydrogens (tertiary/aromatic N) is 2. The highest BCUT2D eigenvalue weighted by molar-refractivity contribution is 9.10. The van der Waals surface area contributed by atoms with E-state index in [2.05, 4.69) is 25.8 Å². The van der Waals surface area contributed by atoms with Gasteiger partial charge in [-0.25, -0.2) is 0 Å². The van der Waals surface area contributed by atoms with E-state index in [-0.39, 0.29) is 11.9 Å². The second-order valence-electron chi connectivity index (χ2n) is 4.40. The molecule has 1 aliphatic heterocycles. The smallest absolute Gasteiger partial charge is 0.241 e. The van der Waals surface area contributed by atoms with E-state index in [1.54, 1.807) is 6.20 Å². The van der Waals surface area contributed by atoms with Gasteiger partial charge in [0.05, 0.1) is 5.69 Å². The van der Waals surface area contributed by atoms with E-state index in [1.807, 2.05) is 13.0 Å². The number of nitrogens with two attached hydrogens (primary N) is 1. The zero-order valence-electron chi connectivity index (χ0n) is 9.82. The van der Waals surface area contributed by atoms with Gasteiger partial charge in [0.15, 0.2) is 0 Å². The lowest BCUT2D eigenvalue weighted by Crippen LogP contribution is -2.37. The van der Waals surface area contributed by atoms with Gasteiger partial charge in [0, 0.05) is 10.7 Å². The highest BCUT2D eigenvalue weighted by atomic mass is 79.9. The molecule has 0 spiro atoms. The Labute approximate surface area is 109 Å². The first-order valence-electron chi connectivity index (χ1n) is 5.75. The molecule has 0 saturated carbocycles. The molecule has 0 aromatic carbocycles. The van der Waals surface area contributed by atoms with Crippen LogP contribution >= 0.6 is 15.9 Å². The quantitative estimate of drug-likeness (QED) is 0.925. The zero-order valence-corrected chi connectivity index (χ0v) is 11.4. The van der Waals surface area contributed by atoms with Crippen LogP contribution in [0.25, 0.3) is 0 Å². The first kappa shape index (κ1) is 12.5. The first-order chi connectivity index (χ1) is 8.09. The molecule has 0 radical (unpaired) electrons. The number of carbonyl (C=O) groups is 1. The van der Waals surface area contributed by atoms with Gasteiger partial charge in [-0.1, -0.05) is 0 Å². The molecule has 1 unspecified atom stereocenters. The molecule has 1 amide bonds. The Morgan fingerprint density at radius 2 is 2.18 bits per heavy atom. The standard InChI is InChI=1S/C12H16BrN3O/c1-8-6-9(13)7-15-10(8)11(12(14)17)16-4-2-3-5-16/h6-7,11H,2-5H2,1H3,(H2,14,17). The maximum atomic E-state index is 11.7. The van der Waals surface area contributed by atoms with Crippen LogP contribution in [0.15, 0.2) is 16.7 Å². The number of amides is 1. The fourth-order valence-electron chi connectivity index (χ4n) is 2.32. The average molecular weight is 298 g/mol. The fourth-order valence-corrected chi connectivity index (χ4v) is 2.77. The number of aromatic nitrogens is 1. The molecule has 1 fully saturated rings. The Kier molecular flexibility index (Phi) is 3.79. The van der Waals surface area contributed by atoms with E-state index in [1.165, 1.54) is 0 Å². The summed E-state index contributed by atoms with van der Waals surface area (Å²) in [7, 11) is 0. The van der Waals surface area contributed by atoms with Gasteiger partial charge >= 0.3 is 0 Å².